The number of hydrogen-bond donors (Lipinski definition) is 1. The molecule has 0 saturated carbocycles. The summed E-state index contributed by atoms with van der Waals surface area (Å²) >= 11 is 13.3. The molecule has 0 radical (unpaired) electrons. The number of halogens is 2. The van der Waals surface area contributed by atoms with Crippen LogP contribution in [0.5, 0.6) is 0 Å². The highest BCUT2D eigenvalue weighted by atomic mass is 35.5. The Labute approximate surface area is 107 Å². The van der Waals surface area contributed by atoms with Gasteiger partial charge in [-0.1, -0.05) is 34.5 Å². The monoisotopic (exact) mass is 273 g/mol. The normalized spacial score (nSPS) is 10.7. The second-order valence-electron chi connectivity index (χ2n) is 3.20. The maximum atomic E-state index is 5.92. The van der Waals surface area contributed by atoms with Crippen LogP contribution in [-0.2, 0) is 6.42 Å². The number of hydrogen-bond acceptors (Lipinski definition) is 4. The highest BCUT2D eigenvalue weighted by Crippen LogP contribution is 2.29. The van der Waals surface area contributed by atoms with Crippen LogP contribution in [0.2, 0.25) is 10.0 Å². The summed E-state index contributed by atoms with van der Waals surface area (Å²) in [5.41, 5.74) is 6.34. The molecule has 2 aromatic rings. The Morgan fingerprint density at radius 3 is 2.44 bits per heavy atom. The van der Waals surface area contributed by atoms with Gasteiger partial charge in [0.25, 0.3) is 0 Å². The molecule has 0 spiro atoms. The molecular weight excluding hydrogens is 265 g/mol. The average molecular weight is 274 g/mol. The van der Waals surface area contributed by atoms with Crippen molar-refractivity contribution >= 4 is 34.5 Å². The van der Waals surface area contributed by atoms with Crippen molar-refractivity contribution in [3.05, 3.63) is 33.3 Å². The van der Waals surface area contributed by atoms with E-state index in [1.54, 1.807) is 6.07 Å². The van der Waals surface area contributed by atoms with Crippen LogP contribution in [0.15, 0.2) is 18.2 Å². The molecule has 0 aliphatic heterocycles. The summed E-state index contributed by atoms with van der Waals surface area (Å²) in [6.07, 6.45) is 0.742. The number of benzene rings is 1. The Balaban J connectivity index is 2.34. The minimum Gasteiger partial charge on any atom is -0.330 e. The van der Waals surface area contributed by atoms with Crippen molar-refractivity contribution in [1.82, 2.24) is 10.2 Å². The van der Waals surface area contributed by atoms with E-state index >= 15 is 0 Å². The van der Waals surface area contributed by atoms with E-state index in [0.29, 0.717) is 16.6 Å². The topological polar surface area (TPSA) is 51.8 Å². The zero-order chi connectivity index (χ0) is 11.5. The van der Waals surface area contributed by atoms with Gasteiger partial charge in [-0.2, -0.15) is 0 Å². The molecular formula is C10H9Cl2N3S. The first kappa shape index (κ1) is 11.8. The summed E-state index contributed by atoms with van der Waals surface area (Å²) in [6.45, 7) is 0.574. The number of nitrogens with two attached hydrogens (primary N) is 1. The van der Waals surface area contributed by atoms with Crippen molar-refractivity contribution in [2.75, 3.05) is 6.54 Å². The molecule has 0 unspecified atom stereocenters. The van der Waals surface area contributed by atoms with Gasteiger partial charge >= 0.3 is 0 Å². The third-order valence-electron chi connectivity index (χ3n) is 1.93. The molecule has 2 N–H and O–H groups in total. The fraction of sp³-hybridized carbons (Fsp3) is 0.200. The van der Waals surface area contributed by atoms with Crippen LogP contribution >= 0.6 is 34.5 Å². The Kier molecular flexibility index (Phi) is 3.76. The van der Waals surface area contributed by atoms with Crippen LogP contribution in [0.1, 0.15) is 5.01 Å². The Morgan fingerprint density at radius 2 is 1.81 bits per heavy atom. The summed E-state index contributed by atoms with van der Waals surface area (Å²) < 4.78 is 0. The minimum absolute atomic E-state index is 0.574. The number of aromatic nitrogens is 2. The second kappa shape index (κ2) is 5.10. The predicted octanol–water partition coefficient (Wildman–Crippen LogP) is 3.01. The third kappa shape index (κ3) is 2.71. The summed E-state index contributed by atoms with van der Waals surface area (Å²) in [4.78, 5) is 0. The number of nitrogens with zero attached hydrogens (tertiary/aromatic N) is 2. The van der Waals surface area contributed by atoms with Crippen molar-refractivity contribution in [2.24, 2.45) is 5.73 Å². The lowest BCUT2D eigenvalue weighted by Gasteiger charge is -1.97. The molecule has 0 fully saturated rings. The van der Waals surface area contributed by atoms with Crippen LogP contribution in [-0.4, -0.2) is 16.7 Å². The van der Waals surface area contributed by atoms with Crippen LogP contribution in [0.4, 0.5) is 0 Å². The molecule has 0 bridgehead atoms. The summed E-state index contributed by atoms with van der Waals surface area (Å²) in [5.74, 6) is 0. The third-order valence-corrected chi connectivity index (χ3v) is 3.40. The maximum Gasteiger partial charge on any atom is 0.147 e. The van der Waals surface area contributed by atoms with E-state index in [0.717, 1.165) is 22.0 Å². The van der Waals surface area contributed by atoms with E-state index in [-0.39, 0.29) is 0 Å². The molecule has 0 aliphatic rings. The van der Waals surface area contributed by atoms with Gasteiger partial charge in [0.2, 0.25) is 0 Å². The van der Waals surface area contributed by atoms with Gasteiger partial charge in [0, 0.05) is 22.0 Å². The quantitative estimate of drug-likeness (QED) is 0.936. The van der Waals surface area contributed by atoms with Gasteiger partial charge in [0.05, 0.1) is 0 Å². The van der Waals surface area contributed by atoms with Crippen molar-refractivity contribution in [3.8, 4) is 10.6 Å². The van der Waals surface area contributed by atoms with Gasteiger partial charge in [0.1, 0.15) is 10.0 Å². The molecule has 0 atom stereocenters. The van der Waals surface area contributed by atoms with Crippen molar-refractivity contribution in [2.45, 2.75) is 6.42 Å². The fourth-order valence-corrected chi connectivity index (χ4v) is 2.64. The van der Waals surface area contributed by atoms with Gasteiger partial charge in [-0.15, -0.1) is 10.2 Å². The Morgan fingerprint density at radius 1 is 1.12 bits per heavy atom. The van der Waals surface area contributed by atoms with Gasteiger partial charge in [-0.3, -0.25) is 0 Å². The first-order valence-electron chi connectivity index (χ1n) is 4.68. The van der Waals surface area contributed by atoms with Crippen LogP contribution < -0.4 is 5.73 Å². The van der Waals surface area contributed by atoms with Crippen molar-refractivity contribution < 1.29 is 0 Å². The fourth-order valence-electron chi connectivity index (χ4n) is 1.27. The molecule has 0 saturated heterocycles. The van der Waals surface area contributed by atoms with Crippen molar-refractivity contribution in [1.29, 1.82) is 0 Å². The summed E-state index contributed by atoms with van der Waals surface area (Å²) in [5, 5.41) is 11.1. The van der Waals surface area contributed by atoms with Crippen LogP contribution in [0.3, 0.4) is 0 Å². The standard InChI is InChI=1S/C10H9Cl2N3S/c11-7-3-6(4-8(12)5-7)10-15-14-9(16-10)1-2-13/h3-5H,1-2,13H2. The van der Waals surface area contributed by atoms with Gasteiger partial charge < -0.3 is 5.73 Å². The molecule has 1 aromatic carbocycles. The SMILES string of the molecule is NCCc1nnc(-c2cc(Cl)cc(Cl)c2)s1. The summed E-state index contributed by atoms with van der Waals surface area (Å²) in [6, 6.07) is 5.33. The zero-order valence-corrected chi connectivity index (χ0v) is 10.6. The summed E-state index contributed by atoms with van der Waals surface area (Å²) in [7, 11) is 0. The highest BCUT2D eigenvalue weighted by Gasteiger charge is 2.07. The predicted molar refractivity (Wildman–Crippen MR) is 68.1 cm³/mol. The lowest BCUT2D eigenvalue weighted by molar-refractivity contribution is 0.913. The lowest BCUT2D eigenvalue weighted by atomic mass is 10.2. The van der Waals surface area contributed by atoms with E-state index in [1.807, 2.05) is 12.1 Å². The van der Waals surface area contributed by atoms with Crippen LogP contribution in [0.25, 0.3) is 10.6 Å². The lowest BCUT2D eigenvalue weighted by Crippen LogP contribution is -2.01. The largest absolute Gasteiger partial charge is 0.330 e. The van der Waals surface area contributed by atoms with E-state index in [9.17, 15) is 0 Å². The molecule has 2 rings (SSSR count). The first-order chi connectivity index (χ1) is 7.69. The van der Waals surface area contributed by atoms with E-state index in [2.05, 4.69) is 10.2 Å². The van der Waals surface area contributed by atoms with Crippen LogP contribution in [0, 0.1) is 0 Å². The maximum absolute atomic E-state index is 5.92. The molecule has 16 heavy (non-hydrogen) atoms. The van der Waals surface area contributed by atoms with Gasteiger partial charge in [0.15, 0.2) is 0 Å². The highest BCUT2D eigenvalue weighted by molar-refractivity contribution is 7.14. The molecule has 84 valence electrons. The zero-order valence-electron chi connectivity index (χ0n) is 8.28. The molecule has 0 aliphatic carbocycles. The van der Waals surface area contributed by atoms with E-state index < -0.39 is 0 Å². The molecule has 1 heterocycles. The Bertz CT molecular complexity index is 478. The van der Waals surface area contributed by atoms with E-state index in [1.165, 1.54) is 11.3 Å². The Hall–Kier alpha value is -0.680. The molecule has 0 amide bonds. The smallest absolute Gasteiger partial charge is 0.147 e. The number of rotatable bonds is 3. The minimum atomic E-state index is 0.574. The van der Waals surface area contributed by atoms with E-state index in [4.69, 9.17) is 28.9 Å². The second-order valence-corrected chi connectivity index (χ2v) is 5.13. The average Bonchev–Trinajstić information content (AvgIpc) is 2.65. The molecule has 1 aromatic heterocycles. The molecule has 6 heteroatoms. The molecule has 3 nitrogen and oxygen atoms in total. The van der Waals surface area contributed by atoms with Gasteiger partial charge in [-0.25, -0.2) is 0 Å². The van der Waals surface area contributed by atoms with Gasteiger partial charge in [-0.05, 0) is 24.7 Å². The first-order valence-corrected chi connectivity index (χ1v) is 6.25. The van der Waals surface area contributed by atoms with Crippen molar-refractivity contribution in [3.63, 3.8) is 0 Å².